The number of ether oxygens (including phenoxy) is 2. The standard InChI is InChI=1S/C34H33F3N2O4/c1-33(2,3)26-12-7-23(8-13-26)31(43-28-16-9-24(10-17-28)32(41)38-20-19-30(40)42-4)25-11-18-29(39-21-25)22-5-14-27(15-6-22)34(35,36)37/h5-18,21,31H,19-20H2,1-4H3,(H,38,41). The number of alkyl halides is 3. The summed E-state index contributed by atoms with van der Waals surface area (Å²) in [7, 11) is 1.29. The number of benzene rings is 3. The number of hydrogen-bond acceptors (Lipinski definition) is 5. The number of rotatable bonds is 9. The Morgan fingerprint density at radius 3 is 1.95 bits per heavy atom. The van der Waals surface area contributed by atoms with Crippen LogP contribution in [-0.2, 0) is 21.1 Å². The van der Waals surface area contributed by atoms with Gasteiger partial charge in [0.1, 0.15) is 5.75 Å². The molecule has 0 saturated heterocycles. The Morgan fingerprint density at radius 1 is 0.814 bits per heavy atom. The zero-order valence-corrected chi connectivity index (χ0v) is 24.4. The second kappa shape index (κ2) is 13.1. The molecule has 1 amide bonds. The second-order valence-electron chi connectivity index (χ2n) is 11.0. The van der Waals surface area contributed by atoms with Crippen LogP contribution in [-0.4, -0.2) is 30.5 Å². The van der Waals surface area contributed by atoms with E-state index in [0.717, 1.165) is 28.8 Å². The van der Waals surface area contributed by atoms with Crippen molar-refractivity contribution in [2.45, 2.75) is 44.9 Å². The van der Waals surface area contributed by atoms with Crippen LogP contribution in [0.25, 0.3) is 11.3 Å². The van der Waals surface area contributed by atoms with Gasteiger partial charge in [-0.2, -0.15) is 13.2 Å². The highest BCUT2D eigenvalue weighted by molar-refractivity contribution is 5.94. The smallest absolute Gasteiger partial charge is 0.416 e. The summed E-state index contributed by atoms with van der Waals surface area (Å²) in [4.78, 5) is 28.3. The molecular formula is C34H33F3N2O4. The maximum Gasteiger partial charge on any atom is 0.416 e. The van der Waals surface area contributed by atoms with Gasteiger partial charge in [-0.3, -0.25) is 14.6 Å². The third-order valence-electron chi connectivity index (χ3n) is 6.89. The molecule has 1 atom stereocenters. The first-order valence-corrected chi connectivity index (χ1v) is 13.7. The van der Waals surface area contributed by atoms with Gasteiger partial charge in [-0.05, 0) is 59.0 Å². The molecule has 1 unspecified atom stereocenters. The molecule has 0 bridgehead atoms. The molecule has 1 aromatic heterocycles. The number of carbonyl (C=O) groups is 2. The minimum atomic E-state index is -4.41. The van der Waals surface area contributed by atoms with Gasteiger partial charge in [0.25, 0.3) is 5.91 Å². The van der Waals surface area contributed by atoms with Gasteiger partial charge < -0.3 is 14.8 Å². The molecule has 0 aliphatic carbocycles. The van der Waals surface area contributed by atoms with Crippen LogP contribution in [0, 0.1) is 0 Å². The largest absolute Gasteiger partial charge is 0.481 e. The number of amides is 1. The fourth-order valence-electron chi connectivity index (χ4n) is 4.35. The topological polar surface area (TPSA) is 77.5 Å². The zero-order valence-electron chi connectivity index (χ0n) is 24.4. The van der Waals surface area contributed by atoms with Crippen LogP contribution in [0.2, 0.25) is 0 Å². The molecule has 9 heteroatoms. The van der Waals surface area contributed by atoms with Crippen molar-refractivity contribution in [3.63, 3.8) is 0 Å². The van der Waals surface area contributed by atoms with Gasteiger partial charge in [0.2, 0.25) is 0 Å². The van der Waals surface area contributed by atoms with Crippen LogP contribution < -0.4 is 10.1 Å². The first-order valence-electron chi connectivity index (χ1n) is 13.7. The minimum Gasteiger partial charge on any atom is -0.481 e. The van der Waals surface area contributed by atoms with Crippen LogP contribution >= 0.6 is 0 Å². The second-order valence-corrected chi connectivity index (χ2v) is 11.0. The van der Waals surface area contributed by atoms with Crippen molar-refractivity contribution in [2.24, 2.45) is 0 Å². The lowest BCUT2D eigenvalue weighted by atomic mass is 9.86. The summed E-state index contributed by atoms with van der Waals surface area (Å²) in [6, 6.07) is 23.2. The molecule has 0 spiro atoms. The maximum absolute atomic E-state index is 13.0. The Kier molecular flexibility index (Phi) is 9.53. The molecule has 0 saturated carbocycles. The van der Waals surface area contributed by atoms with Crippen LogP contribution in [0.1, 0.15) is 65.9 Å². The van der Waals surface area contributed by atoms with Crippen molar-refractivity contribution >= 4 is 11.9 Å². The van der Waals surface area contributed by atoms with Crippen molar-refractivity contribution in [2.75, 3.05) is 13.7 Å². The predicted molar refractivity (Wildman–Crippen MR) is 158 cm³/mol. The first-order chi connectivity index (χ1) is 20.3. The summed E-state index contributed by atoms with van der Waals surface area (Å²) in [6.07, 6.45) is -3.23. The average molecular weight is 591 g/mol. The summed E-state index contributed by atoms with van der Waals surface area (Å²) in [5.41, 5.74) is 3.52. The fourth-order valence-corrected chi connectivity index (χ4v) is 4.35. The lowest BCUT2D eigenvalue weighted by Gasteiger charge is -2.23. The number of methoxy groups -OCH3 is 1. The van der Waals surface area contributed by atoms with E-state index < -0.39 is 23.8 Å². The van der Waals surface area contributed by atoms with Crippen molar-refractivity contribution in [1.29, 1.82) is 0 Å². The van der Waals surface area contributed by atoms with Crippen LogP contribution in [0.15, 0.2) is 91.1 Å². The van der Waals surface area contributed by atoms with Gasteiger partial charge in [0.15, 0.2) is 6.10 Å². The summed E-state index contributed by atoms with van der Waals surface area (Å²) in [5.74, 6) is -0.219. The molecule has 4 rings (SSSR count). The van der Waals surface area contributed by atoms with Crippen LogP contribution in [0.3, 0.4) is 0 Å². The van der Waals surface area contributed by atoms with E-state index in [2.05, 4.69) is 47.9 Å². The van der Waals surface area contributed by atoms with Crippen LogP contribution in [0.4, 0.5) is 13.2 Å². The molecule has 0 aliphatic heterocycles. The van der Waals surface area contributed by atoms with E-state index in [0.29, 0.717) is 22.6 Å². The number of carbonyl (C=O) groups excluding carboxylic acids is 2. The Bertz CT molecular complexity index is 1530. The molecule has 224 valence electrons. The summed E-state index contributed by atoms with van der Waals surface area (Å²) < 4.78 is 49.9. The highest BCUT2D eigenvalue weighted by atomic mass is 19.4. The van der Waals surface area contributed by atoms with E-state index in [-0.39, 0.29) is 24.3 Å². The van der Waals surface area contributed by atoms with Gasteiger partial charge in [0.05, 0.1) is 24.8 Å². The third kappa shape index (κ3) is 8.22. The normalized spacial score (nSPS) is 12.3. The molecule has 0 fully saturated rings. The van der Waals surface area contributed by atoms with E-state index >= 15 is 0 Å². The van der Waals surface area contributed by atoms with Gasteiger partial charge in [-0.25, -0.2) is 0 Å². The Hall–Kier alpha value is -4.66. The van der Waals surface area contributed by atoms with Gasteiger partial charge >= 0.3 is 12.1 Å². The lowest BCUT2D eigenvalue weighted by Crippen LogP contribution is -2.26. The third-order valence-corrected chi connectivity index (χ3v) is 6.89. The van der Waals surface area contributed by atoms with Gasteiger partial charge in [0, 0.05) is 29.4 Å². The van der Waals surface area contributed by atoms with Crippen molar-refractivity contribution in [3.8, 4) is 17.0 Å². The number of pyridine rings is 1. The monoisotopic (exact) mass is 590 g/mol. The van der Waals surface area contributed by atoms with Crippen molar-refractivity contribution in [3.05, 3.63) is 119 Å². The molecule has 4 aromatic rings. The maximum atomic E-state index is 13.0. The lowest BCUT2D eigenvalue weighted by molar-refractivity contribution is -0.140. The van der Waals surface area contributed by atoms with E-state index in [1.807, 2.05) is 18.2 Å². The predicted octanol–water partition coefficient (Wildman–Crippen LogP) is 7.53. The minimum absolute atomic E-state index is 0.0347. The molecular weight excluding hydrogens is 557 g/mol. The number of hydrogen-bond donors (Lipinski definition) is 1. The van der Waals surface area contributed by atoms with E-state index in [1.54, 1.807) is 36.5 Å². The molecule has 1 N–H and O–H groups in total. The summed E-state index contributed by atoms with van der Waals surface area (Å²) in [5, 5.41) is 2.68. The van der Waals surface area contributed by atoms with Crippen molar-refractivity contribution < 1.29 is 32.2 Å². The molecule has 0 aliphatic rings. The van der Waals surface area contributed by atoms with Crippen LogP contribution in [0.5, 0.6) is 5.75 Å². The van der Waals surface area contributed by atoms with Crippen molar-refractivity contribution in [1.82, 2.24) is 10.3 Å². The zero-order chi connectivity index (χ0) is 31.2. The van der Waals surface area contributed by atoms with Gasteiger partial charge in [-0.1, -0.05) is 63.2 Å². The molecule has 1 heterocycles. The SMILES string of the molecule is COC(=O)CCNC(=O)c1ccc(OC(c2ccc(C(C)(C)C)cc2)c2ccc(-c3ccc(C(F)(F)F)cc3)nc2)cc1. The number of nitrogens with zero attached hydrogens (tertiary/aromatic N) is 1. The quantitative estimate of drug-likeness (QED) is 0.204. The van der Waals surface area contributed by atoms with E-state index in [4.69, 9.17) is 4.74 Å². The first kappa shape index (κ1) is 31.3. The molecule has 6 nitrogen and oxygen atoms in total. The highest BCUT2D eigenvalue weighted by Gasteiger charge is 2.30. The Balaban J connectivity index is 1.57. The van der Waals surface area contributed by atoms with E-state index in [1.165, 1.54) is 19.2 Å². The van der Waals surface area contributed by atoms with E-state index in [9.17, 15) is 22.8 Å². The number of esters is 1. The number of nitrogens with one attached hydrogen (secondary N) is 1. The fraction of sp³-hybridized carbons (Fsp3) is 0.265. The number of aromatic nitrogens is 1. The number of halogens is 3. The highest BCUT2D eigenvalue weighted by Crippen LogP contribution is 2.33. The molecule has 43 heavy (non-hydrogen) atoms. The Morgan fingerprint density at radius 2 is 1.42 bits per heavy atom. The molecule has 3 aromatic carbocycles. The summed E-state index contributed by atoms with van der Waals surface area (Å²) >= 11 is 0. The summed E-state index contributed by atoms with van der Waals surface area (Å²) in [6.45, 7) is 6.55. The Labute approximate surface area is 248 Å². The van der Waals surface area contributed by atoms with Gasteiger partial charge in [-0.15, -0.1) is 0 Å². The average Bonchev–Trinajstić information content (AvgIpc) is 2.99. The molecule has 0 radical (unpaired) electrons.